The van der Waals surface area contributed by atoms with Gasteiger partial charge in [-0.2, -0.15) is 4.31 Å². The fraction of sp³-hybridized carbons (Fsp3) is 0.526. The first-order valence-electron chi connectivity index (χ1n) is 9.19. The maximum absolute atomic E-state index is 12.5. The zero-order valence-corrected chi connectivity index (χ0v) is 16.0. The third-order valence-corrected chi connectivity index (χ3v) is 6.57. The van der Waals surface area contributed by atoms with E-state index >= 15 is 0 Å². The Labute approximate surface area is 155 Å². The van der Waals surface area contributed by atoms with Crippen molar-refractivity contribution in [1.29, 1.82) is 0 Å². The van der Waals surface area contributed by atoms with Gasteiger partial charge in [0.1, 0.15) is 0 Å². The monoisotopic (exact) mass is 377 g/mol. The molecular weight excluding hydrogens is 350 g/mol. The van der Waals surface area contributed by atoms with E-state index in [9.17, 15) is 13.2 Å². The van der Waals surface area contributed by atoms with Crippen LogP contribution in [0.1, 0.15) is 25.3 Å². The molecule has 26 heavy (non-hydrogen) atoms. The molecule has 1 saturated heterocycles. The van der Waals surface area contributed by atoms with Gasteiger partial charge in [-0.25, -0.2) is 8.42 Å². The highest BCUT2D eigenvalue weighted by molar-refractivity contribution is 7.92. The molecular formula is C19H27N3O3S. The average molecular weight is 378 g/mol. The smallest absolute Gasteiger partial charge is 0.236 e. The van der Waals surface area contributed by atoms with Crippen molar-refractivity contribution in [1.82, 2.24) is 14.5 Å². The van der Waals surface area contributed by atoms with Crippen molar-refractivity contribution in [3.63, 3.8) is 0 Å². The normalized spacial score (nSPS) is 21.0. The van der Waals surface area contributed by atoms with E-state index in [1.807, 2.05) is 35.2 Å². The van der Waals surface area contributed by atoms with Gasteiger partial charge < -0.3 is 5.32 Å². The molecule has 1 amide bonds. The lowest BCUT2D eigenvalue weighted by molar-refractivity contribution is -0.123. The summed E-state index contributed by atoms with van der Waals surface area (Å²) in [6, 6.07) is 9.62. The van der Waals surface area contributed by atoms with Crippen molar-refractivity contribution < 1.29 is 13.2 Å². The van der Waals surface area contributed by atoms with Crippen molar-refractivity contribution in [2.45, 2.75) is 25.8 Å². The van der Waals surface area contributed by atoms with Gasteiger partial charge in [-0.15, -0.1) is 0 Å². The van der Waals surface area contributed by atoms with E-state index in [2.05, 4.69) is 12.2 Å². The fourth-order valence-corrected chi connectivity index (χ4v) is 4.35. The average Bonchev–Trinajstić information content (AvgIpc) is 3.46. The van der Waals surface area contributed by atoms with Gasteiger partial charge in [0.2, 0.25) is 15.9 Å². The summed E-state index contributed by atoms with van der Waals surface area (Å²) in [6.07, 6.45) is 4.03. The van der Waals surface area contributed by atoms with Crippen molar-refractivity contribution in [2.75, 3.05) is 32.7 Å². The molecule has 1 aliphatic carbocycles. The number of benzene rings is 1. The summed E-state index contributed by atoms with van der Waals surface area (Å²) in [5.74, 6) is 0.669. The molecule has 1 N–H and O–H groups in total. The number of piperazine rings is 1. The van der Waals surface area contributed by atoms with Crippen LogP contribution >= 0.6 is 0 Å². The van der Waals surface area contributed by atoms with E-state index in [0.717, 1.165) is 5.56 Å². The summed E-state index contributed by atoms with van der Waals surface area (Å²) in [7, 11) is -3.43. The second kappa shape index (κ2) is 8.33. The Balaban J connectivity index is 1.46. The van der Waals surface area contributed by atoms with Crippen LogP contribution in [0.4, 0.5) is 0 Å². The fourth-order valence-electron chi connectivity index (χ4n) is 3.17. The van der Waals surface area contributed by atoms with Crippen LogP contribution in [0.3, 0.4) is 0 Å². The number of carbonyl (C=O) groups excluding carboxylic acids is 1. The lowest BCUT2D eigenvalue weighted by atomic mass is 10.2. The summed E-state index contributed by atoms with van der Waals surface area (Å²) >= 11 is 0. The van der Waals surface area contributed by atoms with E-state index in [4.69, 9.17) is 0 Å². The third kappa shape index (κ3) is 5.40. The number of hydrogen-bond acceptors (Lipinski definition) is 4. The van der Waals surface area contributed by atoms with Crippen molar-refractivity contribution in [3.05, 3.63) is 41.3 Å². The SMILES string of the molecule is C[C@@H](NC(=O)CN1CCN(S(=O)(=O)/C=C/c2ccccc2)CC1)C1CC1. The standard InChI is InChI=1S/C19H27N3O3S/c1-16(18-7-8-18)20-19(23)15-21-10-12-22(13-11-21)26(24,25)14-9-17-5-3-2-4-6-17/h2-6,9,14,16,18H,7-8,10-13,15H2,1H3,(H,20,23)/b14-9+/t16-/m1/s1. The molecule has 1 atom stereocenters. The zero-order chi connectivity index (χ0) is 18.6. The van der Waals surface area contributed by atoms with E-state index in [1.54, 1.807) is 6.08 Å². The second-order valence-electron chi connectivity index (χ2n) is 7.13. The van der Waals surface area contributed by atoms with Crippen LogP contribution in [-0.4, -0.2) is 62.3 Å². The molecule has 0 unspecified atom stereocenters. The van der Waals surface area contributed by atoms with E-state index in [1.165, 1.54) is 22.6 Å². The highest BCUT2D eigenvalue weighted by atomic mass is 32.2. The first-order chi connectivity index (χ1) is 12.4. The van der Waals surface area contributed by atoms with Crippen LogP contribution in [-0.2, 0) is 14.8 Å². The number of rotatable bonds is 7. The van der Waals surface area contributed by atoms with Crippen LogP contribution in [0, 0.1) is 5.92 Å². The summed E-state index contributed by atoms with van der Waals surface area (Å²) in [6.45, 7) is 4.36. The Bertz CT molecular complexity index is 737. The number of hydrogen-bond donors (Lipinski definition) is 1. The molecule has 1 aromatic rings. The molecule has 3 rings (SSSR count). The minimum absolute atomic E-state index is 0.0321. The topological polar surface area (TPSA) is 69.7 Å². The van der Waals surface area contributed by atoms with Gasteiger partial charge in [-0.1, -0.05) is 30.3 Å². The van der Waals surface area contributed by atoms with Gasteiger partial charge >= 0.3 is 0 Å². The number of sulfonamides is 1. The molecule has 6 nitrogen and oxygen atoms in total. The third-order valence-electron chi connectivity index (χ3n) is 5.01. The molecule has 2 aliphatic rings. The molecule has 1 aliphatic heterocycles. The minimum Gasteiger partial charge on any atom is -0.352 e. The molecule has 0 radical (unpaired) electrons. The van der Waals surface area contributed by atoms with Gasteiger partial charge in [-0.05, 0) is 37.3 Å². The molecule has 0 spiro atoms. The Hall–Kier alpha value is -1.70. The molecule has 0 aromatic heterocycles. The van der Waals surface area contributed by atoms with Crippen molar-refractivity contribution >= 4 is 22.0 Å². The van der Waals surface area contributed by atoms with Crippen LogP contribution < -0.4 is 5.32 Å². The number of carbonyl (C=O) groups is 1. The molecule has 142 valence electrons. The summed E-state index contributed by atoms with van der Waals surface area (Å²) in [5, 5.41) is 4.31. The molecule has 2 fully saturated rings. The number of nitrogens with zero attached hydrogens (tertiary/aromatic N) is 2. The van der Waals surface area contributed by atoms with Crippen LogP contribution in [0.5, 0.6) is 0 Å². The second-order valence-corrected chi connectivity index (χ2v) is 8.95. The summed E-state index contributed by atoms with van der Waals surface area (Å²) in [5.41, 5.74) is 0.858. The number of amides is 1. The van der Waals surface area contributed by atoms with Gasteiger partial charge in [0.05, 0.1) is 6.54 Å². The van der Waals surface area contributed by atoms with Gasteiger partial charge in [0.25, 0.3) is 0 Å². The Morgan fingerprint density at radius 3 is 2.46 bits per heavy atom. The van der Waals surface area contributed by atoms with E-state index in [-0.39, 0.29) is 11.9 Å². The largest absolute Gasteiger partial charge is 0.352 e. The predicted octanol–water partition coefficient (Wildman–Crippen LogP) is 1.52. The quantitative estimate of drug-likeness (QED) is 0.782. The van der Waals surface area contributed by atoms with Gasteiger partial charge in [0, 0.05) is 37.6 Å². The van der Waals surface area contributed by atoms with Gasteiger partial charge in [0.15, 0.2) is 0 Å². The maximum Gasteiger partial charge on any atom is 0.236 e. The maximum atomic E-state index is 12.5. The van der Waals surface area contributed by atoms with Crippen LogP contribution in [0.25, 0.3) is 6.08 Å². The van der Waals surface area contributed by atoms with Crippen LogP contribution in [0.2, 0.25) is 0 Å². The van der Waals surface area contributed by atoms with Crippen molar-refractivity contribution in [3.8, 4) is 0 Å². The molecule has 7 heteroatoms. The Kier molecular flexibility index (Phi) is 6.11. The van der Waals surface area contributed by atoms with Gasteiger partial charge in [-0.3, -0.25) is 9.69 Å². The first kappa shape index (κ1) is 19.1. The predicted molar refractivity (Wildman–Crippen MR) is 103 cm³/mol. The molecule has 1 heterocycles. The lowest BCUT2D eigenvalue weighted by Gasteiger charge is -2.33. The van der Waals surface area contributed by atoms with Crippen LogP contribution in [0.15, 0.2) is 35.7 Å². The number of nitrogens with one attached hydrogen (secondary N) is 1. The Morgan fingerprint density at radius 2 is 1.85 bits per heavy atom. The zero-order valence-electron chi connectivity index (χ0n) is 15.2. The molecule has 1 saturated carbocycles. The molecule has 0 bridgehead atoms. The van der Waals surface area contributed by atoms with Crippen molar-refractivity contribution in [2.24, 2.45) is 5.92 Å². The lowest BCUT2D eigenvalue weighted by Crippen LogP contribution is -2.51. The first-order valence-corrected chi connectivity index (χ1v) is 10.7. The summed E-state index contributed by atoms with van der Waals surface area (Å²) < 4.78 is 26.4. The van der Waals surface area contributed by atoms with E-state index < -0.39 is 10.0 Å². The van der Waals surface area contributed by atoms with E-state index in [0.29, 0.717) is 38.6 Å². The Morgan fingerprint density at radius 1 is 1.19 bits per heavy atom. The highest BCUT2D eigenvalue weighted by Gasteiger charge is 2.30. The summed E-state index contributed by atoms with van der Waals surface area (Å²) in [4.78, 5) is 14.1. The molecule has 1 aromatic carbocycles. The minimum atomic E-state index is -3.43. The highest BCUT2D eigenvalue weighted by Crippen LogP contribution is 2.32.